The van der Waals surface area contributed by atoms with E-state index >= 15 is 0 Å². The Labute approximate surface area is 108 Å². The predicted octanol–water partition coefficient (Wildman–Crippen LogP) is 0.330. The molecule has 104 valence electrons. The van der Waals surface area contributed by atoms with Gasteiger partial charge < -0.3 is 15.0 Å². The van der Waals surface area contributed by atoms with E-state index in [1.54, 1.807) is 20.8 Å². The normalized spacial score (nSPS) is 24.1. The minimum absolute atomic E-state index is 0.319. The second-order valence-electron chi connectivity index (χ2n) is 5.81. The van der Waals surface area contributed by atoms with Crippen molar-refractivity contribution in [3.8, 4) is 0 Å². The van der Waals surface area contributed by atoms with Gasteiger partial charge in [-0.05, 0) is 41.3 Å². The van der Waals surface area contributed by atoms with Gasteiger partial charge in [0.25, 0.3) is 0 Å². The van der Waals surface area contributed by atoms with Crippen LogP contribution in [-0.4, -0.2) is 55.2 Å². The second-order valence-corrected chi connectivity index (χ2v) is 5.81. The molecule has 1 aliphatic heterocycles. The molecule has 0 bridgehead atoms. The van der Waals surface area contributed by atoms with Gasteiger partial charge in [0.15, 0.2) is 0 Å². The van der Waals surface area contributed by atoms with E-state index in [0.717, 1.165) is 6.54 Å². The first-order valence-electron chi connectivity index (χ1n) is 6.12. The number of ether oxygens (including phenoxy) is 1. The fraction of sp³-hybridized carbons (Fsp3) is 0.833. The van der Waals surface area contributed by atoms with Crippen LogP contribution in [0.3, 0.4) is 0 Å². The number of amides is 2. The largest absolute Gasteiger partial charge is 0.444 e. The van der Waals surface area contributed by atoms with Gasteiger partial charge in [-0.1, -0.05) is 0 Å². The molecular formula is C12H23N3O3. The summed E-state index contributed by atoms with van der Waals surface area (Å²) in [7, 11) is 3.95. The molecule has 0 aliphatic carbocycles. The van der Waals surface area contributed by atoms with Gasteiger partial charge in [-0.15, -0.1) is 0 Å². The number of rotatable bonds is 2. The van der Waals surface area contributed by atoms with E-state index in [0.29, 0.717) is 12.5 Å². The van der Waals surface area contributed by atoms with Crippen LogP contribution in [0.15, 0.2) is 0 Å². The van der Waals surface area contributed by atoms with Crippen LogP contribution in [0.5, 0.6) is 0 Å². The van der Waals surface area contributed by atoms with Crippen molar-refractivity contribution >= 4 is 12.0 Å². The highest BCUT2D eigenvalue weighted by Crippen LogP contribution is 2.11. The molecule has 1 heterocycles. The van der Waals surface area contributed by atoms with Gasteiger partial charge in [0.1, 0.15) is 5.60 Å². The summed E-state index contributed by atoms with van der Waals surface area (Å²) in [5.74, 6) is -0.325. The molecule has 6 heteroatoms. The molecule has 0 aromatic carbocycles. The smallest absolute Gasteiger partial charge is 0.414 e. The number of nitrogens with zero attached hydrogens (tertiary/aromatic N) is 1. The Morgan fingerprint density at radius 2 is 1.94 bits per heavy atom. The third-order valence-electron chi connectivity index (χ3n) is 2.78. The van der Waals surface area contributed by atoms with Crippen molar-refractivity contribution in [2.24, 2.45) is 0 Å². The summed E-state index contributed by atoms with van der Waals surface area (Å²) in [5.41, 5.74) is -0.598. The third kappa shape index (κ3) is 4.62. The van der Waals surface area contributed by atoms with E-state index in [1.807, 2.05) is 14.1 Å². The maximum Gasteiger partial charge on any atom is 0.414 e. The highest BCUT2D eigenvalue weighted by Gasteiger charge is 2.31. The average Bonchev–Trinajstić information content (AvgIpc) is 2.62. The predicted molar refractivity (Wildman–Crippen MR) is 68.3 cm³/mol. The highest BCUT2D eigenvalue weighted by molar-refractivity contribution is 5.95. The summed E-state index contributed by atoms with van der Waals surface area (Å²) in [4.78, 5) is 25.3. The molecule has 18 heavy (non-hydrogen) atoms. The molecule has 2 N–H and O–H groups in total. The lowest BCUT2D eigenvalue weighted by molar-refractivity contribution is -0.122. The molecule has 2 atom stereocenters. The molecular weight excluding hydrogens is 234 g/mol. The lowest BCUT2D eigenvalue weighted by Crippen LogP contribution is -2.45. The SMILES string of the molecule is CN(C)[C@@H]1CN[C@H](C(=O)NC(=O)OC(C)(C)C)C1. The maximum atomic E-state index is 11.8. The van der Waals surface area contributed by atoms with Crippen LogP contribution in [-0.2, 0) is 9.53 Å². The van der Waals surface area contributed by atoms with Crippen molar-refractivity contribution in [2.45, 2.75) is 44.9 Å². The minimum Gasteiger partial charge on any atom is -0.444 e. The zero-order chi connectivity index (χ0) is 13.9. The summed E-state index contributed by atoms with van der Waals surface area (Å²) in [6.45, 7) is 6.02. The molecule has 1 fully saturated rings. The van der Waals surface area contributed by atoms with Crippen molar-refractivity contribution in [2.75, 3.05) is 20.6 Å². The fourth-order valence-corrected chi connectivity index (χ4v) is 1.80. The Kier molecular flexibility index (Phi) is 4.70. The van der Waals surface area contributed by atoms with E-state index in [9.17, 15) is 9.59 Å². The maximum absolute atomic E-state index is 11.8. The van der Waals surface area contributed by atoms with E-state index < -0.39 is 11.7 Å². The number of nitrogens with one attached hydrogen (secondary N) is 2. The van der Waals surface area contributed by atoms with E-state index in [-0.39, 0.29) is 11.9 Å². The minimum atomic E-state index is -0.692. The second kappa shape index (κ2) is 5.67. The van der Waals surface area contributed by atoms with Crippen LogP contribution in [0.4, 0.5) is 4.79 Å². The van der Waals surface area contributed by atoms with Crippen LogP contribution in [0.25, 0.3) is 0 Å². The van der Waals surface area contributed by atoms with Gasteiger partial charge in [-0.3, -0.25) is 10.1 Å². The standard InChI is InChI=1S/C12H23N3O3/c1-12(2,3)18-11(17)14-10(16)9-6-8(7-13-9)15(4)5/h8-9,13H,6-7H2,1-5H3,(H,14,16,17)/t8-,9-/m0/s1. The molecule has 1 aliphatic rings. The lowest BCUT2D eigenvalue weighted by Gasteiger charge is -2.20. The number of hydrogen-bond acceptors (Lipinski definition) is 5. The van der Waals surface area contributed by atoms with Crippen LogP contribution in [0.1, 0.15) is 27.2 Å². The number of carbonyl (C=O) groups is 2. The monoisotopic (exact) mass is 257 g/mol. The molecule has 6 nitrogen and oxygen atoms in total. The summed E-state index contributed by atoms with van der Waals surface area (Å²) in [5, 5.41) is 5.35. The molecule has 0 aromatic rings. The van der Waals surface area contributed by atoms with E-state index in [2.05, 4.69) is 15.5 Å². The Balaban J connectivity index is 2.41. The number of imide groups is 1. The van der Waals surface area contributed by atoms with Crippen molar-refractivity contribution in [1.29, 1.82) is 0 Å². The summed E-state index contributed by atoms with van der Waals surface area (Å²) < 4.78 is 5.03. The van der Waals surface area contributed by atoms with Gasteiger partial charge in [-0.25, -0.2) is 4.79 Å². The Morgan fingerprint density at radius 3 is 2.39 bits per heavy atom. The van der Waals surface area contributed by atoms with Crippen LogP contribution in [0.2, 0.25) is 0 Å². The van der Waals surface area contributed by atoms with Gasteiger partial charge >= 0.3 is 6.09 Å². The van der Waals surface area contributed by atoms with E-state index in [1.165, 1.54) is 0 Å². The average molecular weight is 257 g/mol. The molecule has 0 unspecified atom stereocenters. The zero-order valence-corrected chi connectivity index (χ0v) is 11.7. The molecule has 1 rings (SSSR count). The number of hydrogen-bond donors (Lipinski definition) is 2. The van der Waals surface area contributed by atoms with Crippen LogP contribution < -0.4 is 10.6 Å². The third-order valence-corrected chi connectivity index (χ3v) is 2.78. The van der Waals surface area contributed by atoms with Crippen molar-refractivity contribution < 1.29 is 14.3 Å². The Morgan fingerprint density at radius 1 is 1.33 bits per heavy atom. The fourth-order valence-electron chi connectivity index (χ4n) is 1.80. The van der Waals surface area contributed by atoms with Crippen LogP contribution >= 0.6 is 0 Å². The van der Waals surface area contributed by atoms with Crippen molar-refractivity contribution in [3.63, 3.8) is 0 Å². The van der Waals surface area contributed by atoms with Gasteiger partial charge in [-0.2, -0.15) is 0 Å². The summed E-state index contributed by atoms with van der Waals surface area (Å²) in [6.07, 6.45) is 0.00403. The number of alkyl carbamates (subject to hydrolysis) is 1. The van der Waals surface area contributed by atoms with Gasteiger partial charge in [0.05, 0.1) is 6.04 Å². The molecule has 0 spiro atoms. The Bertz CT molecular complexity index is 323. The molecule has 2 amide bonds. The van der Waals surface area contributed by atoms with Crippen LogP contribution in [0, 0.1) is 0 Å². The number of carbonyl (C=O) groups excluding carboxylic acids is 2. The zero-order valence-electron chi connectivity index (χ0n) is 11.7. The molecule has 1 saturated heterocycles. The van der Waals surface area contributed by atoms with Gasteiger partial charge in [0.2, 0.25) is 5.91 Å². The quantitative estimate of drug-likeness (QED) is 0.746. The summed E-state index contributed by atoms with van der Waals surface area (Å²) >= 11 is 0. The molecule has 0 aromatic heterocycles. The van der Waals surface area contributed by atoms with Gasteiger partial charge in [0, 0.05) is 12.6 Å². The highest BCUT2D eigenvalue weighted by atomic mass is 16.6. The Hall–Kier alpha value is -1.14. The molecule has 0 saturated carbocycles. The van der Waals surface area contributed by atoms with Crippen molar-refractivity contribution in [1.82, 2.24) is 15.5 Å². The molecule has 0 radical (unpaired) electrons. The summed E-state index contributed by atoms with van der Waals surface area (Å²) in [6, 6.07) is -0.00990. The lowest BCUT2D eigenvalue weighted by atomic mass is 10.1. The first-order chi connectivity index (χ1) is 8.19. The first kappa shape index (κ1) is 14.9. The number of likely N-dealkylation sites (N-methyl/N-ethyl adjacent to an activating group) is 1. The first-order valence-corrected chi connectivity index (χ1v) is 6.12. The van der Waals surface area contributed by atoms with Crippen molar-refractivity contribution in [3.05, 3.63) is 0 Å². The topological polar surface area (TPSA) is 70.7 Å². The van der Waals surface area contributed by atoms with E-state index in [4.69, 9.17) is 4.74 Å².